The number of carbonyl (C=O) groups is 1. The Hall–Kier alpha value is -2.42. The minimum Gasteiger partial charge on any atom is -0.456 e. The molecule has 1 heterocycles. The molecule has 0 saturated heterocycles. The molecule has 3 rings (SSSR count). The van der Waals surface area contributed by atoms with Gasteiger partial charge in [-0.25, -0.2) is 9.78 Å². The van der Waals surface area contributed by atoms with Gasteiger partial charge in [0.05, 0.1) is 16.6 Å². The maximum atomic E-state index is 12.6. The number of carbonyl (C=O) groups excluding carboxylic acids is 1. The van der Waals surface area contributed by atoms with Crippen molar-refractivity contribution in [3.63, 3.8) is 0 Å². The molecule has 0 bridgehead atoms. The number of pyridine rings is 1. The Labute approximate surface area is 123 Å². The Kier molecular flexibility index (Phi) is 3.13. The summed E-state index contributed by atoms with van der Waals surface area (Å²) in [5.41, 5.74) is 1.67. The highest BCUT2D eigenvalue weighted by Gasteiger charge is 2.22. The van der Waals surface area contributed by atoms with Gasteiger partial charge in [0.2, 0.25) is 0 Å². The van der Waals surface area contributed by atoms with Gasteiger partial charge in [0.15, 0.2) is 0 Å². The first kappa shape index (κ1) is 13.6. The summed E-state index contributed by atoms with van der Waals surface area (Å²) in [5, 5.41) is 1.65. The normalized spacial score (nSPS) is 11.8. The van der Waals surface area contributed by atoms with Crippen LogP contribution in [0.1, 0.15) is 31.1 Å². The fourth-order valence-electron chi connectivity index (χ4n) is 2.39. The molecule has 0 unspecified atom stereocenters. The zero-order valence-electron chi connectivity index (χ0n) is 12.4. The van der Waals surface area contributed by atoms with E-state index in [1.807, 2.05) is 69.3 Å². The Balaban J connectivity index is 2.32. The lowest BCUT2D eigenvalue weighted by atomic mass is 10.0. The summed E-state index contributed by atoms with van der Waals surface area (Å²) in [6.45, 7) is 5.61. The number of esters is 1. The number of aromatic nitrogens is 1. The van der Waals surface area contributed by atoms with Gasteiger partial charge in [-0.3, -0.25) is 0 Å². The van der Waals surface area contributed by atoms with Crippen molar-refractivity contribution in [2.75, 3.05) is 0 Å². The van der Waals surface area contributed by atoms with E-state index in [0.717, 1.165) is 21.8 Å². The molecule has 1 aromatic heterocycles. The van der Waals surface area contributed by atoms with E-state index in [1.54, 1.807) is 0 Å². The summed E-state index contributed by atoms with van der Waals surface area (Å²) in [6.07, 6.45) is 0. The minimum absolute atomic E-state index is 0.308. The number of rotatable bonds is 1. The van der Waals surface area contributed by atoms with Gasteiger partial charge in [-0.15, -0.1) is 0 Å². The second-order valence-electron chi connectivity index (χ2n) is 6.02. The van der Waals surface area contributed by atoms with E-state index in [1.165, 1.54) is 0 Å². The minimum atomic E-state index is -0.525. The largest absolute Gasteiger partial charge is 0.456 e. The van der Waals surface area contributed by atoms with Crippen molar-refractivity contribution in [3.8, 4) is 0 Å². The second-order valence-corrected chi connectivity index (χ2v) is 6.02. The number of benzene rings is 2. The second kappa shape index (κ2) is 4.85. The summed E-state index contributed by atoms with van der Waals surface area (Å²) in [6, 6.07) is 15.3. The first-order valence-electron chi connectivity index (χ1n) is 6.96. The van der Waals surface area contributed by atoms with E-state index in [2.05, 4.69) is 4.98 Å². The standard InChI is InChI=1S/C18H17NO2/c1-18(2,3)21-17(20)16-12-8-4-6-10-14(12)19-15-11-7-5-9-13(15)16/h4-11H,1-3H3. The van der Waals surface area contributed by atoms with Crippen LogP contribution in [-0.4, -0.2) is 16.6 Å². The smallest absolute Gasteiger partial charge is 0.340 e. The van der Waals surface area contributed by atoms with Crippen molar-refractivity contribution in [3.05, 3.63) is 54.1 Å². The predicted octanol–water partition coefficient (Wildman–Crippen LogP) is 4.34. The number of hydrogen-bond acceptors (Lipinski definition) is 3. The van der Waals surface area contributed by atoms with Gasteiger partial charge < -0.3 is 4.74 Å². The predicted molar refractivity (Wildman–Crippen MR) is 84.4 cm³/mol. The fraction of sp³-hybridized carbons (Fsp3) is 0.222. The van der Waals surface area contributed by atoms with Gasteiger partial charge in [-0.05, 0) is 32.9 Å². The highest BCUT2D eigenvalue weighted by atomic mass is 16.6. The van der Waals surface area contributed by atoms with Gasteiger partial charge in [0.25, 0.3) is 0 Å². The third-order valence-corrected chi connectivity index (χ3v) is 3.19. The molecule has 21 heavy (non-hydrogen) atoms. The maximum absolute atomic E-state index is 12.6. The van der Waals surface area contributed by atoms with E-state index < -0.39 is 5.60 Å². The number of para-hydroxylation sites is 2. The molecule has 2 aromatic carbocycles. The summed E-state index contributed by atoms with van der Waals surface area (Å²) in [4.78, 5) is 17.2. The maximum Gasteiger partial charge on any atom is 0.340 e. The molecule has 0 N–H and O–H groups in total. The molecule has 106 valence electrons. The summed E-state index contributed by atoms with van der Waals surface area (Å²) in [7, 11) is 0. The molecule has 0 radical (unpaired) electrons. The summed E-state index contributed by atoms with van der Waals surface area (Å²) < 4.78 is 5.57. The van der Waals surface area contributed by atoms with Crippen LogP contribution >= 0.6 is 0 Å². The number of ether oxygens (including phenoxy) is 1. The molecule has 3 aromatic rings. The molecule has 0 fully saturated rings. The van der Waals surface area contributed by atoms with Crippen LogP contribution in [-0.2, 0) is 4.74 Å². The average Bonchev–Trinajstić information content (AvgIpc) is 2.42. The van der Waals surface area contributed by atoms with Crippen LogP contribution in [0, 0.1) is 0 Å². The highest BCUT2D eigenvalue weighted by Crippen LogP contribution is 2.27. The topological polar surface area (TPSA) is 39.2 Å². The molecule has 0 saturated carbocycles. The van der Waals surface area contributed by atoms with Crippen molar-refractivity contribution in [2.24, 2.45) is 0 Å². The van der Waals surface area contributed by atoms with Gasteiger partial charge in [0.1, 0.15) is 5.60 Å². The highest BCUT2D eigenvalue weighted by molar-refractivity contribution is 6.14. The van der Waals surface area contributed by atoms with Gasteiger partial charge in [-0.1, -0.05) is 36.4 Å². The van der Waals surface area contributed by atoms with Crippen molar-refractivity contribution in [1.29, 1.82) is 0 Å². The zero-order chi connectivity index (χ0) is 15.0. The Morgan fingerprint density at radius 1 is 0.905 bits per heavy atom. The summed E-state index contributed by atoms with van der Waals surface area (Å²) >= 11 is 0. The van der Waals surface area contributed by atoms with Crippen molar-refractivity contribution < 1.29 is 9.53 Å². The van der Waals surface area contributed by atoms with Gasteiger partial charge in [-0.2, -0.15) is 0 Å². The SMILES string of the molecule is CC(C)(C)OC(=O)c1c2ccccc2nc2ccccc12. The van der Waals surface area contributed by atoms with E-state index in [-0.39, 0.29) is 5.97 Å². The van der Waals surface area contributed by atoms with E-state index in [9.17, 15) is 4.79 Å². The lowest BCUT2D eigenvalue weighted by Crippen LogP contribution is -2.24. The average molecular weight is 279 g/mol. The molecular weight excluding hydrogens is 262 g/mol. The molecule has 0 atom stereocenters. The lowest BCUT2D eigenvalue weighted by Gasteiger charge is -2.20. The van der Waals surface area contributed by atoms with Crippen LogP contribution in [0.15, 0.2) is 48.5 Å². The Bertz CT molecular complexity index is 777. The van der Waals surface area contributed by atoms with Crippen LogP contribution in [0.25, 0.3) is 21.8 Å². The lowest BCUT2D eigenvalue weighted by molar-refractivity contribution is 0.00740. The molecule has 0 aliphatic rings. The van der Waals surface area contributed by atoms with Crippen molar-refractivity contribution in [2.45, 2.75) is 26.4 Å². The Morgan fingerprint density at radius 3 is 1.86 bits per heavy atom. The quantitative estimate of drug-likeness (QED) is 0.491. The monoisotopic (exact) mass is 279 g/mol. The molecular formula is C18H17NO2. The van der Waals surface area contributed by atoms with E-state index in [0.29, 0.717) is 5.56 Å². The number of hydrogen-bond donors (Lipinski definition) is 0. The zero-order valence-corrected chi connectivity index (χ0v) is 12.4. The van der Waals surface area contributed by atoms with E-state index >= 15 is 0 Å². The van der Waals surface area contributed by atoms with Crippen molar-refractivity contribution in [1.82, 2.24) is 4.98 Å². The molecule has 0 aliphatic carbocycles. The van der Waals surface area contributed by atoms with Gasteiger partial charge in [0, 0.05) is 10.8 Å². The van der Waals surface area contributed by atoms with Crippen molar-refractivity contribution >= 4 is 27.8 Å². The van der Waals surface area contributed by atoms with Crippen LogP contribution in [0.2, 0.25) is 0 Å². The van der Waals surface area contributed by atoms with Gasteiger partial charge >= 0.3 is 5.97 Å². The molecule has 0 aliphatic heterocycles. The number of nitrogens with zero attached hydrogens (tertiary/aromatic N) is 1. The molecule has 0 amide bonds. The van der Waals surface area contributed by atoms with Crippen LogP contribution in [0.5, 0.6) is 0 Å². The van der Waals surface area contributed by atoms with E-state index in [4.69, 9.17) is 4.74 Å². The fourth-order valence-corrected chi connectivity index (χ4v) is 2.39. The number of fused-ring (bicyclic) bond motifs is 2. The third-order valence-electron chi connectivity index (χ3n) is 3.19. The van der Waals surface area contributed by atoms with Crippen LogP contribution in [0.3, 0.4) is 0 Å². The molecule has 3 nitrogen and oxygen atoms in total. The van der Waals surface area contributed by atoms with Crippen LogP contribution < -0.4 is 0 Å². The summed E-state index contributed by atoms with van der Waals surface area (Å²) in [5.74, 6) is -0.308. The first-order chi connectivity index (χ1) is 9.96. The third kappa shape index (κ3) is 2.59. The molecule has 3 heteroatoms. The molecule has 0 spiro atoms. The van der Waals surface area contributed by atoms with Crippen LogP contribution in [0.4, 0.5) is 0 Å². The first-order valence-corrected chi connectivity index (χ1v) is 6.96. The Morgan fingerprint density at radius 2 is 1.38 bits per heavy atom.